The number of rotatable bonds is 3. The minimum Gasteiger partial charge on any atom is -0.326 e. The standard InChI is InChI=1S/C19H15ClFN2O/c1-14(24)22-19(17-6-2-3-7-18(17)20)12-4-5-13-23(19)16-10-8-15(21)9-11-16/h2-3,5-13H,1H3,(H,22,24). The van der Waals surface area contributed by atoms with Crippen molar-refractivity contribution in [3.63, 3.8) is 0 Å². The van der Waals surface area contributed by atoms with Gasteiger partial charge in [0.25, 0.3) is 0 Å². The quantitative estimate of drug-likeness (QED) is 0.909. The van der Waals surface area contributed by atoms with Crippen LogP contribution < -0.4 is 10.2 Å². The van der Waals surface area contributed by atoms with Gasteiger partial charge in [-0.1, -0.05) is 29.8 Å². The fourth-order valence-electron chi connectivity index (χ4n) is 2.77. The van der Waals surface area contributed by atoms with Gasteiger partial charge in [0, 0.05) is 29.4 Å². The maximum Gasteiger partial charge on any atom is 0.219 e. The number of carbonyl (C=O) groups excluding carboxylic acids is 1. The molecule has 0 saturated carbocycles. The Morgan fingerprint density at radius 3 is 2.58 bits per heavy atom. The molecular weight excluding hydrogens is 327 g/mol. The number of allylic oxidation sites excluding steroid dienone is 2. The van der Waals surface area contributed by atoms with E-state index in [4.69, 9.17) is 11.6 Å². The van der Waals surface area contributed by atoms with Crippen LogP contribution >= 0.6 is 11.6 Å². The summed E-state index contributed by atoms with van der Waals surface area (Å²) in [5, 5.41) is 3.46. The summed E-state index contributed by atoms with van der Waals surface area (Å²) in [4.78, 5) is 13.7. The molecule has 0 saturated heterocycles. The van der Waals surface area contributed by atoms with Crippen LogP contribution in [0.3, 0.4) is 0 Å². The molecular formula is C19H15ClFN2O. The van der Waals surface area contributed by atoms with E-state index in [0.29, 0.717) is 16.3 Å². The molecule has 0 aromatic heterocycles. The van der Waals surface area contributed by atoms with Gasteiger partial charge >= 0.3 is 0 Å². The summed E-state index contributed by atoms with van der Waals surface area (Å²) in [6.07, 6.45) is 8.25. The number of nitrogens with one attached hydrogen (secondary N) is 1. The molecule has 2 aromatic rings. The Hall–Kier alpha value is -2.59. The molecule has 1 radical (unpaired) electrons. The van der Waals surface area contributed by atoms with E-state index >= 15 is 0 Å². The second kappa shape index (κ2) is 6.49. The molecule has 5 heteroatoms. The number of halogens is 2. The van der Waals surface area contributed by atoms with Crippen LogP contribution in [0.15, 0.2) is 66.9 Å². The average molecular weight is 342 g/mol. The van der Waals surface area contributed by atoms with Crippen molar-refractivity contribution < 1.29 is 9.18 Å². The summed E-state index contributed by atoms with van der Waals surface area (Å²) in [6.45, 7) is 1.44. The third-order valence-electron chi connectivity index (χ3n) is 3.75. The molecule has 1 amide bonds. The fraction of sp³-hybridized carbons (Fsp3) is 0.105. The summed E-state index contributed by atoms with van der Waals surface area (Å²) >= 11 is 6.40. The van der Waals surface area contributed by atoms with Crippen LogP contribution in [0.1, 0.15) is 12.5 Å². The highest BCUT2D eigenvalue weighted by atomic mass is 35.5. The Balaban J connectivity index is 2.19. The van der Waals surface area contributed by atoms with Crippen molar-refractivity contribution in [1.29, 1.82) is 0 Å². The summed E-state index contributed by atoms with van der Waals surface area (Å²) in [7, 11) is 0. The molecule has 1 N–H and O–H groups in total. The van der Waals surface area contributed by atoms with Crippen molar-refractivity contribution in [1.82, 2.24) is 5.32 Å². The second-order valence-corrected chi connectivity index (χ2v) is 5.81. The maximum atomic E-state index is 13.3. The molecule has 3 rings (SSSR count). The zero-order valence-electron chi connectivity index (χ0n) is 13.0. The van der Waals surface area contributed by atoms with Gasteiger partial charge in [0.2, 0.25) is 5.91 Å². The highest BCUT2D eigenvalue weighted by Gasteiger charge is 2.39. The number of benzene rings is 2. The van der Waals surface area contributed by atoms with Gasteiger partial charge in [-0.05, 0) is 48.6 Å². The third kappa shape index (κ3) is 2.93. The first-order chi connectivity index (χ1) is 11.5. The van der Waals surface area contributed by atoms with Gasteiger partial charge in [-0.25, -0.2) is 4.39 Å². The lowest BCUT2D eigenvalue weighted by atomic mass is 9.93. The van der Waals surface area contributed by atoms with Crippen molar-refractivity contribution in [2.75, 3.05) is 4.90 Å². The zero-order valence-corrected chi connectivity index (χ0v) is 13.7. The number of hydrogen-bond donors (Lipinski definition) is 1. The Bertz CT molecular complexity index is 816. The topological polar surface area (TPSA) is 32.3 Å². The lowest BCUT2D eigenvalue weighted by molar-refractivity contribution is -0.120. The van der Waals surface area contributed by atoms with Crippen LogP contribution in [0.5, 0.6) is 0 Å². The number of nitrogens with zero attached hydrogens (tertiary/aromatic N) is 1. The molecule has 0 fully saturated rings. The molecule has 0 bridgehead atoms. The summed E-state index contributed by atoms with van der Waals surface area (Å²) in [5.41, 5.74) is 0.360. The predicted octanol–water partition coefficient (Wildman–Crippen LogP) is 4.16. The number of amides is 1. The van der Waals surface area contributed by atoms with E-state index in [1.54, 1.807) is 36.6 Å². The molecule has 1 aliphatic rings. The van der Waals surface area contributed by atoms with Crippen LogP contribution in [0.2, 0.25) is 5.02 Å². The van der Waals surface area contributed by atoms with E-state index in [1.165, 1.54) is 19.1 Å². The van der Waals surface area contributed by atoms with Crippen LogP contribution in [-0.4, -0.2) is 5.91 Å². The van der Waals surface area contributed by atoms with Crippen molar-refractivity contribution in [3.8, 4) is 0 Å². The molecule has 1 unspecified atom stereocenters. The van der Waals surface area contributed by atoms with Crippen molar-refractivity contribution in [3.05, 3.63) is 89.4 Å². The van der Waals surface area contributed by atoms with Gasteiger partial charge < -0.3 is 10.2 Å². The molecule has 121 valence electrons. The first-order valence-electron chi connectivity index (χ1n) is 7.39. The first-order valence-corrected chi connectivity index (χ1v) is 7.76. The molecule has 1 aliphatic heterocycles. The minimum atomic E-state index is -1.04. The van der Waals surface area contributed by atoms with Crippen LogP contribution in [0.25, 0.3) is 0 Å². The highest BCUT2D eigenvalue weighted by Crippen LogP contribution is 2.38. The van der Waals surface area contributed by atoms with Gasteiger partial charge in [0.15, 0.2) is 5.66 Å². The Morgan fingerprint density at radius 1 is 1.21 bits per heavy atom. The summed E-state index contributed by atoms with van der Waals surface area (Å²) < 4.78 is 13.3. The van der Waals surface area contributed by atoms with Gasteiger partial charge in [-0.3, -0.25) is 4.79 Å². The summed E-state index contributed by atoms with van der Waals surface area (Å²) in [5.74, 6) is -0.555. The Morgan fingerprint density at radius 2 is 1.92 bits per heavy atom. The average Bonchev–Trinajstić information content (AvgIpc) is 2.56. The smallest absolute Gasteiger partial charge is 0.219 e. The van der Waals surface area contributed by atoms with Gasteiger partial charge in [0.1, 0.15) is 5.82 Å². The fourth-order valence-corrected chi connectivity index (χ4v) is 3.05. The molecule has 1 heterocycles. The van der Waals surface area contributed by atoms with E-state index in [9.17, 15) is 9.18 Å². The minimum absolute atomic E-state index is 0.226. The molecule has 0 spiro atoms. The van der Waals surface area contributed by atoms with E-state index in [1.807, 2.05) is 23.1 Å². The molecule has 1 atom stereocenters. The molecule has 24 heavy (non-hydrogen) atoms. The lowest BCUT2D eigenvalue weighted by Crippen LogP contribution is -2.55. The van der Waals surface area contributed by atoms with Gasteiger partial charge in [-0.2, -0.15) is 0 Å². The van der Waals surface area contributed by atoms with Crippen molar-refractivity contribution >= 4 is 23.2 Å². The van der Waals surface area contributed by atoms with Gasteiger partial charge in [-0.15, -0.1) is 0 Å². The maximum absolute atomic E-state index is 13.3. The zero-order chi connectivity index (χ0) is 17.2. The lowest BCUT2D eigenvalue weighted by Gasteiger charge is -2.43. The van der Waals surface area contributed by atoms with E-state index in [0.717, 1.165) is 0 Å². The monoisotopic (exact) mass is 341 g/mol. The van der Waals surface area contributed by atoms with E-state index in [2.05, 4.69) is 11.4 Å². The number of hydrogen-bond acceptors (Lipinski definition) is 2. The largest absolute Gasteiger partial charge is 0.326 e. The summed E-state index contributed by atoms with van der Waals surface area (Å²) in [6, 6.07) is 13.3. The van der Waals surface area contributed by atoms with E-state index in [-0.39, 0.29) is 11.7 Å². The normalized spacial score (nSPS) is 19.4. The number of anilines is 1. The predicted molar refractivity (Wildman–Crippen MR) is 92.8 cm³/mol. The van der Waals surface area contributed by atoms with Crippen molar-refractivity contribution in [2.45, 2.75) is 12.6 Å². The third-order valence-corrected chi connectivity index (χ3v) is 4.08. The molecule has 3 nitrogen and oxygen atoms in total. The molecule has 2 aromatic carbocycles. The Kier molecular flexibility index (Phi) is 4.40. The highest BCUT2D eigenvalue weighted by molar-refractivity contribution is 6.31. The van der Waals surface area contributed by atoms with Crippen LogP contribution in [0.4, 0.5) is 10.1 Å². The molecule has 0 aliphatic carbocycles. The first kappa shape index (κ1) is 16.3. The van der Waals surface area contributed by atoms with E-state index < -0.39 is 5.66 Å². The van der Waals surface area contributed by atoms with Crippen LogP contribution in [0, 0.1) is 11.9 Å². The van der Waals surface area contributed by atoms with Crippen LogP contribution in [-0.2, 0) is 10.5 Å². The number of carbonyl (C=O) groups is 1. The van der Waals surface area contributed by atoms with Gasteiger partial charge in [0.05, 0.1) is 0 Å². The second-order valence-electron chi connectivity index (χ2n) is 5.40. The Labute approximate surface area is 145 Å². The van der Waals surface area contributed by atoms with Crippen molar-refractivity contribution in [2.24, 2.45) is 0 Å². The SMILES string of the molecule is CC(=O)NC1(c2ccccc2Cl)C=[C]C=CN1c1ccc(F)cc1.